The van der Waals surface area contributed by atoms with E-state index < -0.39 is 10.7 Å². The molecule has 0 spiro atoms. The minimum Gasteiger partial charge on any atom is -0.258 e. The molecule has 0 aliphatic rings. The second kappa shape index (κ2) is 10.2. The number of benzene rings is 1. The molecule has 0 N–H and O–H groups in total. The molecule has 0 heterocycles. The van der Waals surface area contributed by atoms with E-state index in [9.17, 15) is 14.5 Å². The highest BCUT2D eigenvalue weighted by Crippen LogP contribution is 2.30. The molecule has 0 saturated carbocycles. The maximum atomic E-state index is 13.9. The fraction of sp³-hybridized carbons (Fsp3) is 0.619. The summed E-state index contributed by atoms with van der Waals surface area (Å²) >= 11 is 0. The molecule has 4 heteroatoms. The Morgan fingerprint density at radius 3 is 2.40 bits per heavy atom. The number of hydrogen-bond donors (Lipinski definition) is 0. The summed E-state index contributed by atoms with van der Waals surface area (Å²) in [6.45, 7) is 8.60. The molecule has 1 aromatic rings. The highest BCUT2D eigenvalue weighted by Gasteiger charge is 2.22. The Bertz CT molecular complexity index is 623. The van der Waals surface area contributed by atoms with Crippen LogP contribution in [0.15, 0.2) is 18.2 Å². The Kier molecular flexibility index (Phi) is 8.61. The highest BCUT2D eigenvalue weighted by molar-refractivity contribution is 5.44. The number of nitro benzene ring substituents is 1. The molecule has 1 atom stereocenters. The van der Waals surface area contributed by atoms with E-state index in [0.29, 0.717) is 0 Å². The molecule has 0 saturated heterocycles. The van der Waals surface area contributed by atoms with Gasteiger partial charge in [0.25, 0.3) is 5.69 Å². The Morgan fingerprint density at radius 2 is 1.80 bits per heavy atom. The Labute approximate surface area is 151 Å². The smallest absolute Gasteiger partial charge is 0.258 e. The standard InChI is InChI=1S/C21H30FNO2/c1-5-6-7-8-9-10-11-18(21(2,3)4)13-12-17-16-19(23(24)25)14-15-20(17)22/h14-16,18H,5-11H2,1-4H3. The summed E-state index contributed by atoms with van der Waals surface area (Å²) in [5.74, 6) is 5.65. The van der Waals surface area contributed by atoms with Crippen molar-refractivity contribution in [2.24, 2.45) is 11.3 Å². The van der Waals surface area contributed by atoms with Gasteiger partial charge in [-0.25, -0.2) is 4.39 Å². The molecule has 25 heavy (non-hydrogen) atoms. The fourth-order valence-electron chi connectivity index (χ4n) is 2.74. The number of rotatable bonds is 8. The molecule has 0 aliphatic carbocycles. The normalized spacial score (nSPS) is 12.4. The van der Waals surface area contributed by atoms with Gasteiger partial charge in [0.05, 0.1) is 10.5 Å². The minimum atomic E-state index is -0.526. The van der Waals surface area contributed by atoms with Crippen LogP contribution < -0.4 is 0 Å². The van der Waals surface area contributed by atoms with Crippen molar-refractivity contribution < 1.29 is 9.31 Å². The van der Waals surface area contributed by atoms with Gasteiger partial charge in [0.15, 0.2) is 0 Å². The minimum absolute atomic E-state index is 0.00634. The first-order valence-corrected chi connectivity index (χ1v) is 9.21. The van der Waals surface area contributed by atoms with E-state index in [1.807, 2.05) is 0 Å². The van der Waals surface area contributed by atoms with Crippen molar-refractivity contribution in [1.82, 2.24) is 0 Å². The van der Waals surface area contributed by atoms with Crippen molar-refractivity contribution in [1.29, 1.82) is 0 Å². The van der Waals surface area contributed by atoms with Gasteiger partial charge in [0.2, 0.25) is 0 Å². The van der Waals surface area contributed by atoms with Crippen molar-refractivity contribution >= 4 is 5.69 Å². The number of nitro groups is 1. The maximum Gasteiger partial charge on any atom is 0.270 e. The van der Waals surface area contributed by atoms with Gasteiger partial charge in [-0.15, -0.1) is 0 Å². The Balaban J connectivity index is 2.79. The van der Waals surface area contributed by atoms with Gasteiger partial charge in [-0.05, 0) is 17.9 Å². The first-order chi connectivity index (χ1) is 11.8. The number of halogens is 1. The van der Waals surface area contributed by atoms with Crippen LogP contribution in [-0.4, -0.2) is 4.92 Å². The monoisotopic (exact) mass is 347 g/mol. The molecular weight excluding hydrogens is 317 g/mol. The average Bonchev–Trinajstić information content (AvgIpc) is 2.53. The zero-order valence-corrected chi connectivity index (χ0v) is 15.9. The lowest BCUT2D eigenvalue weighted by molar-refractivity contribution is -0.384. The van der Waals surface area contributed by atoms with Crippen LogP contribution in [0.5, 0.6) is 0 Å². The van der Waals surface area contributed by atoms with E-state index in [1.165, 1.54) is 38.2 Å². The molecule has 0 aliphatic heterocycles. The number of non-ortho nitro benzene ring substituents is 1. The second-order valence-corrected chi connectivity index (χ2v) is 7.67. The van der Waals surface area contributed by atoms with Crippen LogP contribution in [0.25, 0.3) is 0 Å². The molecule has 3 nitrogen and oxygen atoms in total. The SMILES string of the molecule is CCCCCCCCC(C#Cc1cc([N+](=O)[O-])ccc1F)C(C)(C)C. The first-order valence-electron chi connectivity index (χ1n) is 9.21. The quantitative estimate of drug-likeness (QED) is 0.233. The molecule has 138 valence electrons. The maximum absolute atomic E-state index is 13.9. The molecule has 1 unspecified atom stereocenters. The lowest BCUT2D eigenvalue weighted by Crippen LogP contribution is -2.19. The largest absolute Gasteiger partial charge is 0.270 e. The molecule has 0 bridgehead atoms. The zero-order valence-electron chi connectivity index (χ0n) is 15.9. The summed E-state index contributed by atoms with van der Waals surface area (Å²) in [5.41, 5.74) is -0.0338. The lowest BCUT2D eigenvalue weighted by Gasteiger charge is -2.26. The van der Waals surface area contributed by atoms with Crippen LogP contribution >= 0.6 is 0 Å². The Hall–Kier alpha value is -1.89. The topological polar surface area (TPSA) is 43.1 Å². The third kappa shape index (κ3) is 7.69. The summed E-state index contributed by atoms with van der Waals surface area (Å²) < 4.78 is 13.9. The van der Waals surface area contributed by atoms with Crippen molar-refractivity contribution in [2.75, 3.05) is 0 Å². The molecule has 1 aromatic carbocycles. The van der Waals surface area contributed by atoms with E-state index >= 15 is 0 Å². The second-order valence-electron chi connectivity index (χ2n) is 7.67. The van der Waals surface area contributed by atoms with Crippen molar-refractivity contribution in [3.8, 4) is 11.8 Å². The van der Waals surface area contributed by atoms with E-state index in [4.69, 9.17) is 0 Å². The third-order valence-corrected chi connectivity index (χ3v) is 4.43. The van der Waals surface area contributed by atoms with Gasteiger partial charge in [0.1, 0.15) is 5.82 Å². The van der Waals surface area contributed by atoms with E-state index in [2.05, 4.69) is 39.5 Å². The summed E-state index contributed by atoms with van der Waals surface area (Å²) in [6, 6.07) is 3.49. The third-order valence-electron chi connectivity index (χ3n) is 4.43. The van der Waals surface area contributed by atoms with Gasteiger partial charge in [0, 0.05) is 18.1 Å². The van der Waals surface area contributed by atoms with E-state index in [1.54, 1.807) is 0 Å². The predicted octanol–water partition coefficient (Wildman–Crippen LogP) is 6.50. The molecule has 0 aromatic heterocycles. The summed E-state index contributed by atoms with van der Waals surface area (Å²) in [5, 5.41) is 10.8. The van der Waals surface area contributed by atoms with Gasteiger partial charge in [-0.3, -0.25) is 10.1 Å². The highest BCUT2D eigenvalue weighted by atomic mass is 19.1. The van der Waals surface area contributed by atoms with Crippen LogP contribution in [0.1, 0.15) is 78.2 Å². The van der Waals surface area contributed by atoms with Crippen LogP contribution in [-0.2, 0) is 0 Å². The van der Waals surface area contributed by atoms with Gasteiger partial charge in [-0.2, -0.15) is 0 Å². The molecule has 0 radical (unpaired) electrons. The van der Waals surface area contributed by atoms with Crippen molar-refractivity contribution in [3.05, 3.63) is 39.7 Å². The Morgan fingerprint density at radius 1 is 1.16 bits per heavy atom. The van der Waals surface area contributed by atoms with Crippen molar-refractivity contribution in [3.63, 3.8) is 0 Å². The predicted molar refractivity (Wildman–Crippen MR) is 101 cm³/mol. The van der Waals surface area contributed by atoms with Gasteiger partial charge < -0.3 is 0 Å². The van der Waals surface area contributed by atoms with Gasteiger partial charge >= 0.3 is 0 Å². The summed E-state index contributed by atoms with van der Waals surface area (Å²) in [7, 11) is 0. The van der Waals surface area contributed by atoms with E-state index in [0.717, 1.165) is 25.0 Å². The average molecular weight is 347 g/mol. The lowest BCUT2D eigenvalue weighted by atomic mass is 9.78. The summed E-state index contributed by atoms with van der Waals surface area (Å²) in [4.78, 5) is 10.3. The zero-order chi connectivity index (χ0) is 18.9. The first kappa shape index (κ1) is 21.2. The van der Waals surface area contributed by atoms with Gasteiger partial charge in [-0.1, -0.05) is 78.1 Å². The van der Waals surface area contributed by atoms with Crippen molar-refractivity contribution in [2.45, 2.75) is 72.6 Å². The molecule has 0 amide bonds. The number of nitrogens with zero attached hydrogens (tertiary/aromatic N) is 1. The molecule has 0 fully saturated rings. The van der Waals surface area contributed by atoms with Crippen LogP contribution in [0.2, 0.25) is 0 Å². The van der Waals surface area contributed by atoms with Crippen LogP contribution in [0, 0.1) is 39.1 Å². The fourth-order valence-corrected chi connectivity index (χ4v) is 2.74. The molecular formula is C21H30FNO2. The molecule has 1 rings (SSSR count). The van der Waals surface area contributed by atoms with Crippen LogP contribution in [0.3, 0.4) is 0 Å². The number of unbranched alkanes of at least 4 members (excludes halogenated alkanes) is 5. The summed E-state index contributed by atoms with van der Waals surface area (Å²) in [6.07, 6.45) is 8.33. The number of hydrogen-bond acceptors (Lipinski definition) is 2. The van der Waals surface area contributed by atoms with Crippen LogP contribution in [0.4, 0.5) is 10.1 Å². The van der Waals surface area contributed by atoms with E-state index in [-0.39, 0.29) is 22.6 Å².